The van der Waals surface area contributed by atoms with Gasteiger partial charge in [-0.1, -0.05) is 0 Å². The van der Waals surface area contributed by atoms with Gasteiger partial charge in [-0.25, -0.2) is 23.2 Å². The molecule has 4 rings (SSSR count). The second-order valence-electron chi connectivity index (χ2n) is 9.22. The molecule has 1 fully saturated rings. The van der Waals surface area contributed by atoms with E-state index in [0.29, 0.717) is 11.2 Å². The Morgan fingerprint density at radius 1 is 1.27 bits per heavy atom. The summed E-state index contributed by atoms with van der Waals surface area (Å²) in [6.07, 6.45) is -3.24. The van der Waals surface area contributed by atoms with Crippen LogP contribution in [0.15, 0.2) is 47.6 Å². The first-order chi connectivity index (χ1) is 18.7. The van der Waals surface area contributed by atoms with Gasteiger partial charge >= 0.3 is 12.3 Å². The third-order valence-corrected chi connectivity index (χ3v) is 7.76. The summed E-state index contributed by atoms with van der Waals surface area (Å²) in [5, 5.41) is 10.5. The van der Waals surface area contributed by atoms with E-state index in [9.17, 15) is 36.3 Å². The number of aromatic nitrogens is 2. The summed E-state index contributed by atoms with van der Waals surface area (Å²) in [7, 11) is -0.743. The maximum Gasteiger partial charge on any atom is 0.573 e. The van der Waals surface area contributed by atoms with Gasteiger partial charge in [0.15, 0.2) is 0 Å². The predicted octanol–water partition coefficient (Wildman–Crippen LogP) is 1.75. The number of carbonyl (C=O) groups excluding carboxylic acids is 1. The maximum atomic E-state index is 13.2. The number of fused-ring (bicyclic) bond motifs is 1. The van der Waals surface area contributed by atoms with Crippen LogP contribution >= 0.6 is 0 Å². The molecule has 214 valence electrons. The van der Waals surface area contributed by atoms with E-state index in [1.807, 2.05) is 0 Å². The van der Waals surface area contributed by atoms with Crippen LogP contribution in [0.25, 0.3) is 10.8 Å². The highest BCUT2D eigenvalue weighted by Crippen LogP contribution is 2.34. The zero-order valence-electron chi connectivity index (χ0n) is 21.2. The molecule has 0 spiro atoms. The summed E-state index contributed by atoms with van der Waals surface area (Å²) in [6, 6.07) is 3.67. The molecule has 3 heterocycles. The van der Waals surface area contributed by atoms with Crippen LogP contribution in [0.5, 0.6) is 5.75 Å². The molecule has 0 saturated carbocycles. The van der Waals surface area contributed by atoms with Crippen molar-refractivity contribution in [1.29, 1.82) is 0 Å². The molecule has 16 heteroatoms. The molecule has 1 saturated heterocycles. The van der Waals surface area contributed by atoms with Crippen molar-refractivity contribution in [1.82, 2.24) is 19.6 Å². The van der Waals surface area contributed by atoms with Gasteiger partial charge in [-0.3, -0.25) is 4.79 Å². The molecule has 4 N–H and O–H groups in total. The third kappa shape index (κ3) is 6.17. The predicted molar refractivity (Wildman–Crippen MR) is 137 cm³/mol. The first-order valence-corrected chi connectivity index (χ1v) is 13.3. The van der Waals surface area contributed by atoms with E-state index in [2.05, 4.69) is 19.4 Å². The van der Waals surface area contributed by atoms with Crippen LogP contribution in [-0.4, -0.2) is 79.4 Å². The number of carboxylic acid groups (broad SMARTS) is 1. The first kappa shape index (κ1) is 28.8. The average Bonchev–Trinajstić information content (AvgIpc) is 3.21. The Hall–Kier alpha value is -4.18. The van der Waals surface area contributed by atoms with Gasteiger partial charge in [0.2, 0.25) is 15.9 Å². The fraction of sp³-hybridized carbons (Fsp3) is 0.333. The van der Waals surface area contributed by atoms with Crippen molar-refractivity contribution in [3.05, 3.63) is 48.3 Å². The van der Waals surface area contributed by atoms with Crippen molar-refractivity contribution in [2.45, 2.75) is 36.2 Å². The standard InChI is InChI=1S/C24H25F3N6O6S/c1-32(2)20-4-3-15(12-30-20)40(37,38)31-17-6-8-33(22(17)34)18(23(35)36)10-14-9-13-5-7-29-21(28)16(13)11-19(14)39-24(25,26)27/h3-5,7,9,11-12,17-18,31H,6,8,10H2,1-2H3,(H2,28,29)(H,35,36). The summed E-state index contributed by atoms with van der Waals surface area (Å²) in [5.41, 5.74) is 5.63. The number of nitrogens with two attached hydrogens (primary N) is 1. The number of carboxylic acids is 1. The number of benzene rings is 1. The number of aliphatic carboxylic acids is 1. The number of alkyl halides is 3. The van der Waals surface area contributed by atoms with Crippen molar-refractivity contribution in [2.75, 3.05) is 31.3 Å². The quantitative estimate of drug-likeness (QED) is 0.338. The number of nitrogen functional groups attached to an aromatic ring is 1. The Kier molecular flexibility index (Phi) is 7.76. The molecule has 2 atom stereocenters. The van der Waals surface area contributed by atoms with E-state index >= 15 is 0 Å². The highest BCUT2D eigenvalue weighted by atomic mass is 32.2. The molecule has 2 aromatic heterocycles. The van der Waals surface area contributed by atoms with Gasteiger partial charge in [-0.15, -0.1) is 13.2 Å². The Bertz CT molecular complexity index is 1550. The van der Waals surface area contributed by atoms with Crippen LogP contribution < -0.4 is 20.1 Å². The number of nitrogens with one attached hydrogen (secondary N) is 1. The fourth-order valence-corrected chi connectivity index (χ4v) is 5.53. The number of nitrogens with zero attached hydrogens (tertiary/aromatic N) is 4. The average molecular weight is 583 g/mol. The second-order valence-corrected chi connectivity index (χ2v) is 10.9. The van der Waals surface area contributed by atoms with Crippen LogP contribution in [0.4, 0.5) is 24.8 Å². The number of hydrogen-bond acceptors (Lipinski definition) is 9. The number of carbonyl (C=O) groups is 2. The molecule has 1 aliphatic rings. The van der Waals surface area contributed by atoms with Crippen molar-refractivity contribution in [2.24, 2.45) is 0 Å². The molecule has 1 aromatic carbocycles. The number of rotatable bonds is 9. The molecule has 3 aromatic rings. The van der Waals surface area contributed by atoms with Gasteiger partial charge < -0.3 is 25.4 Å². The first-order valence-electron chi connectivity index (χ1n) is 11.8. The summed E-state index contributed by atoms with van der Waals surface area (Å²) in [6.45, 7) is -0.152. The van der Waals surface area contributed by atoms with E-state index in [1.165, 1.54) is 30.5 Å². The smallest absolute Gasteiger partial charge is 0.480 e. The van der Waals surface area contributed by atoms with Gasteiger partial charge in [-0.2, -0.15) is 4.72 Å². The molecule has 40 heavy (non-hydrogen) atoms. The van der Waals surface area contributed by atoms with E-state index in [4.69, 9.17) is 5.73 Å². The molecule has 1 amide bonds. The van der Waals surface area contributed by atoms with Gasteiger partial charge in [0.1, 0.15) is 34.4 Å². The summed E-state index contributed by atoms with van der Waals surface area (Å²) in [4.78, 5) is 35.6. The fourth-order valence-electron chi connectivity index (χ4n) is 4.36. The van der Waals surface area contributed by atoms with Crippen LogP contribution in [0.2, 0.25) is 0 Å². The van der Waals surface area contributed by atoms with E-state index < -0.39 is 52.5 Å². The second kappa shape index (κ2) is 10.8. The lowest BCUT2D eigenvalue weighted by molar-refractivity contribution is -0.274. The third-order valence-electron chi connectivity index (χ3n) is 6.30. The summed E-state index contributed by atoms with van der Waals surface area (Å²) < 4.78 is 71.6. The number of amides is 1. The highest BCUT2D eigenvalue weighted by molar-refractivity contribution is 7.89. The Labute approximate surface area is 226 Å². The van der Waals surface area contributed by atoms with Gasteiger partial charge in [0.25, 0.3) is 0 Å². The van der Waals surface area contributed by atoms with E-state index in [1.54, 1.807) is 19.0 Å². The topological polar surface area (TPSA) is 168 Å². The van der Waals surface area contributed by atoms with Crippen molar-refractivity contribution in [3.8, 4) is 5.75 Å². The van der Waals surface area contributed by atoms with Crippen LogP contribution in [0.1, 0.15) is 12.0 Å². The van der Waals surface area contributed by atoms with Gasteiger partial charge in [-0.05, 0) is 47.7 Å². The minimum absolute atomic E-state index is 0.0535. The van der Waals surface area contributed by atoms with Crippen molar-refractivity contribution < 1.29 is 41.0 Å². The zero-order chi connectivity index (χ0) is 29.4. The SMILES string of the molecule is CN(C)c1ccc(S(=O)(=O)NC2CCN(C(Cc3cc4ccnc(N)c4cc3OC(F)(F)F)C(=O)O)C2=O)cn1. The number of sulfonamides is 1. The molecule has 0 radical (unpaired) electrons. The Morgan fingerprint density at radius 2 is 2.00 bits per heavy atom. The Morgan fingerprint density at radius 3 is 2.60 bits per heavy atom. The van der Waals surface area contributed by atoms with E-state index in [0.717, 1.165) is 17.2 Å². The van der Waals surface area contributed by atoms with Gasteiger partial charge in [0, 0.05) is 44.8 Å². The molecule has 0 aliphatic carbocycles. The van der Waals surface area contributed by atoms with Crippen molar-refractivity contribution in [3.63, 3.8) is 0 Å². The minimum Gasteiger partial charge on any atom is -0.480 e. The summed E-state index contributed by atoms with van der Waals surface area (Å²) >= 11 is 0. The highest BCUT2D eigenvalue weighted by Gasteiger charge is 2.42. The number of anilines is 2. The normalized spacial score (nSPS) is 16.8. The van der Waals surface area contributed by atoms with Gasteiger partial charge in [0.05, 0.1) is 0 Å². The Balaban J connectivity index is 1.59. The van der Waals surface area contributed by atoms with E-state index in [-0.39, 0.29) is 34.6 Å². The van der Waals surface area contributed by atoms with Crippen LogP contribution in [0, 0.1) is 0 Å². The number of pyridine rings is 2. The summed E-state index contributed by atoms with van der Waals surface area (Å²) in [5.74, 6) is -2.56. The van der Waals surface area contributed by atoms with Crippen LogP contribution in [-0.2, 0) is 26.0 Å². The lowest BCUT2D eigenvalue weighted by Gasteiger charge is -2.26. The molecular formula is C24H25F3N6O6S. The molecule has 2 unspecified atom stereocenters. The maximum absolute atomic E-state index is 13.2. The monoisotopic (exact) mass is 582 g/mol. The van der Waals surface area contributed by atoms with Crippen molar-refractivity contribution >= 4 is 44.3 Å². The molecular weight excluding hydrogens is 557 g/mol. The lowest BCUT2D eigenvalue weighted by Crippen LogP contribution is -2.48. The molecule has 12 nitrogen and oxygen atoms in total. The number of hydrogen-bond donors (Lipinski definition) is 3. The lowest BCUT2D eigenvalue weighted by atomic mass is 10.00. The number of halogens is 3. The van der Waals surface area contributed by atoms with Crippen LogP contribution in [0.3, 0.4) is 0 Å². The zero-order valence-corrected chi connectivity index (χ0v) is 22.0. The molecule has 0 bridgehead atoms. The largest absolute Gasteiger partial charge is 0.573 e. The number of likely N-dealkylation sites (tertiary alicyclic amines) is 1. The molecule has 1 aliphatic heterocycles. The minimum atomic E-state index is -5.09. The number of ether oxygens (including phenoxy) is 1.